The largest absolute Gasteiger partial charge is 0.338 e. The molecule has 1 fully saturated rings. The molecule has 10 heteroatoms. The summed E-state index contributed by atoms with van der Waals surface area (Å²) in [4.78, 5) is 24.9. The van der Waals surface area contributed by atoms with Crippen LogP contribution in [0.15, 0.2) is 29.2 Å². The van der Waals surface area contributed by atoms with Gasteiger partial charge in [-0.3, -0.25) is 4.79 Å². The van der Waals surface area contributed by atoms with Gasteiger partial charge in [-0.1, -0.05) is 18.9 Å². The molecule has 1 aromatic rings. The van der Waals surface area contributed by atoms with E-state index in [1.54, 1.807) is 19.1 Å². The maximum absolute atomic E-state index is 12.9. The van der Waals surface area contributed by atoms with Gasteiger partial charge in [0.05, 0.1) is 4.90 Å². The zero-order valence-corrected chi connectivity index (χ0v) is 16.2. The van der Waals surface area contributed by atoms with Gasteiger partial charge in [0, 0.05) is 25.3 Å². The fourth-order valence-corrected chi connectivity index (χ4v) is 4.17. The van der Waals surface area contributed by atoms with E-state index in [0.717, 1.165) is 12.8 Å². The molecule has 0 heterocycles. The van der Waals surface area contributed by atoms with Crippen LogP contribution in [0.5, 0.6) is 0 Å². The molecule has 2 rings (SSSR count). The van der Waals surface area contributed by atoms with E-state index in [4.69, 9.17) is 5.73 Å². The highest BCUT2D eigenvalue weighted by atomic mass is 32.2. The van der Waals surface area contributed by atoms with E-state index >= 15 is 0 Å². The third-order valence-corrected chi connectivity index (χ3v) is 5.88. The van der Waals surface area contributed by atoms with Gasteiger partial charge in [0.15, 0.2) is 0 Å². The van der Waals surface area contributed by atoms with Crippen molar-refractivity contribution < 1.29 is 18.0 Å². The predicted molar refractivity (Wildman–Crippen MR) is 103 cm³/mol. The van der Waals surface area contributed by atoms with Crippen molar-refractivity contribution in [1.82, 2.24) is 15.4 Å². The van der Waals surface area contributed by atoms with E-state index in [2.05, 4.69) is 20.7 Å². The van der Waals surface area contributed by atoms with Gasteiger partial charge in [-0.15, -0.1) is 0 Å². The van der Waals surface area contributed by atoms with Crippen LogP contribution in [-0.4, -0.2) is 45.5 Å². The molecule has 0 spiro atoms. The molecule has 27 heavy (non-hydrogen) atoms. The maximum Gasteiger partial charge on any atom is 0.315 e. The minimum absolute atomic E-state index is 0.0332. The number of nitrogens with one attached hydrogen (secondary N) is 4. The molecule has 0 atom stereocenters. The first-order valence-electron chi connectivity index (χ1n) is 9.00. The van der Waals surface area contributed by atoms with Crippen molar-refractivity contribution in [3.05, 3.63) is 24.3 Å². The second-order valence-corrected chi connectivity index (χ2v) is 8.21. The standard InChI is InChI=1S/C17H27N5O4S/c1-2-19-16(24)22-17(8-3-4-9-17)15(23)21-13-6-5-7-14(12-13)27(25,26)20-11-10-18/h5-7,12,20H,2-4,8-11,18H2,1H3,(H,21,23)(H2,19,22,24). The Morgan fingerprint density at radius 1 is 1.22 bits per heavy atom. The summed E-state index contributed by atoms with van der Waals surface area (Å²) in [6.45, 7) is 2.56. The molecule has 0 unspecified atom stereocenters. The number of amides is 3. The van der Waals surface area contributed by atoms with Crippen LogP contribution in [0.3, 0.4) is 0 Å². The lowest BCUT2D eigenvalue weighted by molar-refractivity contribution is -0.121. The first-order valence-corrected chi connectivity index (χ1v) is 10.5. The highest BCUT2D eigenvalue weighted by Crippen LogP contribution is 2.31. The monoisotopic (exact) mass is 397 g/mol. The molecule has 3 amide bonds. The van der Waals surface area contributed by atoms with Crippen molar-refractivity contribution in [1.29, 1.82) is 0 Å². The molecule has 1 saturated carbocycles. The lowest BCUT2D eigenvalue weighted by Crippen LogP contribution is -2.57. The fourth-order valence-electron chi connectivity index (χ4n) is 3.08. The quantitative estimate of drug-likeness (QED) is 0.434. The molecular weight excluding hydrogens is 370 g/mol. The Bertz CT molecular complexity index is 775. The first-order chi connectivity index (χ1) is 12.8. The Hall–Kier alpha value is -2.17. The van der Waals surface area contributed by atoms with Gasteiger partial charge in [-0.2, -0.15) is 0 Å². The van der Waals surface area contributed by atoms with Crippen molar-refractivity contribution in [2.24, 2.45) is 5.73 Å². The van der Waals surface area contributed by atoms with Gasteiger partial charge in [0.1, 0.15) is 5.54 Å². The van der Waals surface area contributed by atoms with Gasteiger partial charge in [-0.05, 0) is 38.0 Å². The van der Waals surface area contributed by atoms with Crippen molar-refractivity contribution in [3.8, 4) is 0 Å². The normalized spacial score (nSPS) is 15.9. The SMILES string of the molecule is CCNC(=O)NC1(C(=O)Nc2cccc(S(=O)(=O)NCCN)c2)CCCC1. The number of anilines is 1. The van der Waals surface area contributed by atoms with E-state index < -0.39 is 21.6 Å². The molecule has 0 aliphatic heterocycles. The lowest BCUT2D eigenvalue weighted by Gasteiger charge is -2.29. The zero-order chi connectivity index (χ0) is 19.9. The Kier molecular flexibility index (Phi) is 7.17. The number of nitrogens with two attached hydrogens (primary N) is 1. The van der Waals surface area contributed by atoms with E-state index in [0.29, 0.717) is 25.1 Å². The maximum atomic E-state index is 12.9. The average molecular weight is 398 g/mol. The van der Waals surface area contributed by atoms with Crippen LogP contribution in [0.4, 0.5) is 10.5 Å². The summed E-state index contributed by atoms with van der Waals surface area (Å²) in [5.41, 5.74) is 4.68. The molecule has 1 aliphatic rings. The number of hydrogen-bond donors (Lipinski definition) is 5. The third kappa shape index (κ3) is 5.41. The van der Waals surface area contributed by atoms with E-state index in [1.807, 2.05) is 0 Å². The van der Waals surface area contributed by atoms with Crippen LogP contribution < -0.4 is 26.4 Å². The van der Waals surface area contributed by atoms with Gasteiger partial charge in [0.25, 0.3) is 0 Å². The molecule has 150 valence electrons. The summed E-state index contributed by atoms with van der Waals surface area (Å²) in [6.07, 6.45) is 2.73. The number of urea groups is 1. The number of carbonyl (C=O) groups excluding carboxylic acids is 2. The predicted octanol–water partition coefficient (Wildman–Crippen LogP) is 0.494. The Morgan fingerprint density at radius 2 is 1.93 bits per heavy atom. The second-order valence-electron chi connectivity index (χ2n) is 6.44. The van der Waals surface area contributed by atoms with Crippen LogP contribution in [0.2, 0.25) is 0 Å². The Balaban J connectivity index is 2.16. The lowest BCUT2D eigenvalue weighted by atomic mass is 9.96. The van der Waals surface area contributed by atoms with Crippen LogP contribution in [0, 0.1) is 0 Å². The third-order valence-electron chi connectivity index (χ3n) is 4.42. The molecule has 0 radical (unpaired) electrons. The number of benzene rings is 1. The van der Waals surface area contributed by atoms with Gasteiger partial charge >= 0.3 is 6.03 Å². The number of rotatable bonds is 8. The Labute approximate surface area is 159 Å². The van der Waals surface area contributed by atoms with E-state index in [9.17, 15) is 18.0 Å². The van der Waals surface area contributed by atoms with E-state index in [1.165, 1.54) is 12.1 Å². The summed E-state index contributed by atoms with van der Waals surface area (Å²) >= 11 is 0. The van der Waals surface area contributed by atoms with Crippen molar-refractivity contribution >= 4 is 27.6 Å². The van der Waals surface area contributed by atoms with Gasteiger partial charge in [-0.25, -0.2) is 17.9 Å². The summed E-state index contributed by atoms with van der Waals surface area (Å²) in [5.74, 6) is -0.351. The average Bonchev–Trinajstić information content (AvgIpc) is 3.10. The smallest absolute Gasteiger partial charge is 0.315 e. The number of sulfonamides is 1. The minimum atomic E-state index is -3.70. The fraction of sp³-hybridized carbons (Fsp3) is 0.529. The second kappa shape index (κ2) is 9.16. The van der Waals surface area contributed by atoms with E-state index in [-0.39, 0.29) is 23.9 Å². The van der Waals surface area contributed by atoms with Gasteiger partial charge < -0.3 is 21.7 Å². The minimum Gasteiger partial charge on any atom is -0.338 e. The van der Waals surface area contributed by atoms with Crippen molar-refractivity contribution in [3.63, 3.8) is 0 Å². The van der Waals surface area contributed by atoms with Crippen molar-refractivity contribution in [2.45, 2.75) is 43.0 Å². The number of carbonyl (C=O) groups is 2. The molecule has 0 saturated heterocycles. The molecule has 1 aliphatic carbocycles. The Morgan fingerprint density at radius 3 is 2.56 bits per heavy atom. The van der Waals surface area contributed by atoms with Crippen LogP contribution >= 0.6 is 0 Å². The van der Waals surface area contributed by atoms with Crippen LogP contribution in [-0.2, 0) is 14.8 Å². The molecule has 6 N–H and O–H groups in total. The van der Waals surface area contributed by atoms with Crippen molar-refractivity contribution in [2.75, 3.05) is 25.0 Å². The highest BCUT2D eigenvalue weighted by molar-refractivity contribution is 7.89. The molecule has 0 bridgehead atoms. The number of hydrogen-bond acceptors (Lipinski definition) is 5. The highest BCUT2D eigenvalue weighted by Gasteiger charge is 2.42. The van der Waals surface area contributed by atoms with Gasteiger partial charge in [0.2, 0.25) is 15.9 Å². The summed E-state index contributed by atoms with van der Waals surface area (Å²) in [5, 5.41) is 8.16. The van der Waals surface area contributed by atoms with Crippen LogP contribution in [0.1, 0.15) is 32.6 Å². The topological polar surface area (TPSA) is 142 Å². The molecule has 9 nitrogen and oxygen atoms in total. The summed E-state index contributed by atoms with van der Waals surface area (Å²) < 4.78 is 26.8. The molecule has 1 aromatic carbocycles. The first kappa shape index (κ1) is 21.1. The zero-order valence-electron chi connectivity index (χ0n) is 15.4. The van der Waals surface area contributed by atoms with Crippen LogP contribution in [0.25, 0.3) is 0 Å². The summed E-state index contributed by atoms with van der Waals surface area (Å²) in [6, 6.07) is 5.58. The summed E-state index contributed by atoms with van der Waals surface area (Å²) in [7, 11) is -3.70. The molecule has 0 aromatic heterocycles. The molecular formula is C17H27N5O4S.